The van der Waals surface area contributed by atoms with Crippen molar-refractivity contribution in [2.75, 3.05) is 0 Å². The molecule has 6 rings (SSSR count). The summed E-state index contributed by atoms with van der Waals surface area (Å²) in [6, 6.07) is 17.8. The highest BCUT2D eigenvalue weighted by Gasteiger charge is 2.18. The van der Waals surface area contributed by atoms with Crippen molar-refractivity contribution in [2.45, 2.75) is 13.8 Å². The molecule has 6 aromatic rings. The third kappa shape index (κ3) is 2.25. The number of hydrogen-bond acceptors (Lipinski definition) is 4. The largest absolute Gasteiger partial charge is 0.242 e. The van der Waals surface area contributed by atoms with E-state index in [4.69, 9.17) is 9.97 Å². The molecule has 0 N–H and O–H groups in total. The molecule has 4 heteroatoms. The van der Waals surface area contributed by atoms with E-state index in [1.54, 1.807) is 22.7 Å². The van der Waals surface area contributed by atoms with E-state index in [2.05, 4.69) is 73.1 Å². The Morgan fingerprint density at radius 2 is 1.18 bits per heavy atom. The average molecular weight is 397 g/mol. The van der Waals surface area contributed by atoms with Crippen LogP contribution in [0.4, 0.5) is 0 Å². The standard InChI is InChI=1S/C24H16N2S2/c1-13-25-21(11-27-13)19-10-20(22-12-28-14(2)26-22)18-9-7-16-5-3-4-15-6-8-17(19)24(18)23(15)16/h3-12H,1-2H3. The molecule has 2 heterocycles. The first kappa shape index (κ1) is 16.2. The summed E-state index contributed by atoms with van der Waals surface area (Å²) in [6.07, 6.45) is 0. The van der Waals surface area contributed by atoms with Gasteiger partial charge in [-0.25, -0.2) is 9.97 Å². The Morgan fingerprint density at radius 3 is 1.64 bits per heavy atom. The zero-order valence-electron chi connectivity index (χ0n) is 15.5. The summed E-state index contributed by atoms with van der Waals surface area (Å²) in [4.78, 5) is 9.61. The van der Waals surface area contributed by atoms with E-state index in [9.17, 15) is 0 Å². The number of hydrogen-bond donors (Lipinski definition) is 0. The van der Waals surface area contributed by atoms with Crippen LogP contribution in [0.3, 0.4) is 0 Å². The van der Waals surface area contributed by atoms with Gasteiger partial charge >= 0.3 is 0 Å². The van der Waals surface area contributed by atoms with E-state index in [1.165, 1.54) is 43.4 Å². The molecule has 134 valence electrons. The molecule has 2 aromatic heterocycles. The second-order valence-electron chi connectivity index (χ2n) is 7.16. The number of benzene rings is 4. The maximum atomic E-state index is 4.80. The zero-order valence-corrected chi connectivity index (χ0v) is 17.1. The van der Waals surface area contributed by atoms with E-state index in [0.29, 0.717) is 0 Å². The zero-order chi connectivity index (χ0) is 18.8. The van der Waals surface area contributed by atoms with Crippen LogP contribution in [0.5, 0.6) is 0 Å². The third-order valence-electron chi connectivity index (χ3n) is 5.44. The van der Waals surface area contributed by atoms with E-state index in [-0.39, 0.29) is 0 Å². The van der Waals surface area contributed by atoms with Crippen molar-refractivity contribution in [3.05, 3.63) is 69.3 Å². The lowest BCUT2D eigenvalue weighted by molar-refractivity contribution is 1.29. The van der Waals surface area contributed by atoms with Crippen LogP contribution in [0.15, 0.2) is 59.3 Å². The lowest BCUT2D eigenvalue weighted by Crippen LogP contribution is -1.91. The van der Waals surface area contributed by atoms with E-state index in [0.717, 1.165) is 21.4 Å². The van der Waals surface area contributed by atoms with Gasteiger partial charge in [-0.05, 0) is 52.2 Å². The van der Waals surface area contributed by atoms with Crippen molar-refractivity contribution in [1.82, 2.24) is 9.97 Å². The van der Waals surface area contributed by atoms with Crippen molar-refractivity contribution >= 4 is 55.0 Å². The second kappa shape index (κ2) is 5.84. The van der Waals surface area contributed by atoms with Crippen LogP contribution >= 0.6 is 22.7 Å². The molecular weight excluding hydrogens is 380 g/mol. The molecule has 0 radical (unpaired) electrons. The fourth-order valence-corrected chi connectivity index (χ4v) is 5.46. The minimum absolute atomic E-state index is 1.05. The Kier molecular flexibility index (Phi) is 3.37. The molecular formula is C24H16N2S2. The van der Waals surface area contributed by atoms with Crippen LogP contribution in [0, 0.1) is 13.8 Å². The molecule has 0 atom stereocenters. The maximum Gasteiger partial charge on any atom is 0.0901 e. The number of nitrogens with zero attached hydrogens (tertiary/aromatic N) is 2. The van der Waals surface area contributed by atoms with Gasteiger partial charge in [-0.15, -0.1) is 22.7 Å². The van der Waals surface area contributed by atoms with Crippen molar-refractivity contribution in [3.8, 4) is 22.5 Å². The quantitative estimate of drug-likeness (QED) is 0.284. The summed E-state index contributed by atoms with van der Waals surface area (Å²) in [5.74, 6) is 0. The summed E-state index contributed by atoms with van der Waals surface area (Å²) in [7, 11) is 0. The van der Waals surface area contributed by atoms with Gasteiger partial charge in [-0.3, -0.25) is 0 Å². The molecule has 28 heavy (non-hydrogen) atoms. The normalized spacial score (nSPS) is 11.9. The molecule has 0 unspecified atom stereocenters. The van der Waals surface area contributed by atoms with E-state index < -0.39 is 0 Å². The lowest BCUT2D eigenvalue weighted by atomic mass is 9.88. The fourth-order valence-electron chi connectivity index (χ4n) is 4.23. The highest BCUT2D eigenvalue weighted by molar-refractivity contribution is 7.10. The topological polar surface area (TPSA) is 25.8 Å². The van der Waals surface area contributed by atoms with Crippen LogP contribution in [0.2, 0.25) is 0 Å². The van der Waals surface area contributed by atoms with E-state index >= 15 is 0 Å². The molecule has 0 fully saturated rings. The van der Waals surface area contributed by atoms with Gasteiger partial charge in [0.25, 0.3) is 0 Å². The third-order valence-corrected chi connectivity index (χ3v) is 6.98. The molecule has 0 aliphatic carbocycles. The van der Waals surface area contributed by atoms with Crippen molar-refractivity contribution in [3.63, 3.8) is 0 Å². The minimum atomic E-state index is 1.05. The molecule has 0 amide bonds. The summed E-state index contributed by atoms with van der Waals surface area (Å²) < 4.78 is 0. The number of aryl methyl sites for hydroxylation is 2. The first-order valence-electron chi connectivity index (χ1n) is 9.24. The lowest BCUT2D eigenvalue weighted by Gasteiger charge is -2.16. The van der Waals surface area contributed by atoms with Crippen molar-refractivity contribution < 1.29 is 0 Å². The number of thiazole rings is 2. The average Bonchev–Trinajstić information content (AvgIpc) is 3.34. The predicted molar refractivity (Wildman–Crippen MR) is 122 cm³/mol. The van der Waals surface area contributed by atoms with Gasteiger partial charge in [-0.2, -0.15) is 0 Å². The molecule has 0 aliphatic heterocycles. The van der Waals surface area contributed by atoms with E-state index in [1.807, 2.05) is 0 Å². The van der Waals surface area contributed by atoms with Gasteiger partial charge in [0.05, 0.1) is 21.4 Å². The molecule has 2 nitrogen and oxygen atoms in total. The van der Waals surface area contributed by atoms with Gasteiger partial charge in [-0.1, -0.05) is 42.5 Å². The van der Waals surface area contributed by atoms with Crippen LogP contribution in [0.25, 0.3) is 54.8 Å². The van der Waals surface area contributed by atoms with Crippen LogP contribution in [-0.4, -0.2) is 9.97 Å². The predicted octanol–water partition coefficient (Wildman–Crippen LogP) is 7.45. The van der Waals surface area contributed by atoms with Gasteiger partial charge in [0.15, 0.2) is 0 Å². The van der Waals surface area contributed by atoms with Gasteiger partial charge in [0, 0.05) is 21.9 Å². The van der Waals surface area contributed by atoms with Crippen LogP contribution in [-0.2, 0) is 0 Å². The SMILES string of the molecule is Cc1nc(-c2cc(-c3csc(C)n3)c3ccc4cccc5ccc2c3c54)cs1. The Bertz CT molecular complexity index is 1380. The Morgan fingerprint density at radius 1 is 0.643 bits per heavy atom. The number of aromatic nitrogens is 2. The first-order valence-corrected chi connectivity index (χ1v) is 11.0. The summed E-state index contributed by atoms with van der Waals surface area (Å²) in [6.45, 7) is 4.13. The van der Waals surface area contributed by atoms with Gasteiger partial charge in [0.1, 0.15) is 0 Å². The first-order chi connectivity index (χ1) is 13.7. The highest BCUT2D eigenvalue weighted by Crippen LogP contribution is 2.43. The maximum absolute atomic E-state index is 4.80. The molecule has 0 aliphatic rings. The van der Waals surface area contributed by atoms with Crippen molar-refractivity contribution in [1.29, 1.82) is 0 Å². The molecule has 0 bridgehead atoms. The summed E-state index contributed by atoms with van der Waals surface area (Å²) in [5.41, 5.74) is 4.48. The van der Waals surface area contributed by atoms with Crippen LogP contribution < -0.4 is 0 Å². The Balaban J connectivity index is 1.85. The highest BCUT2D eigenvalue weighted by atomic mass is 32.1. The monoisotopic (exact) mass is 396 g/mol. The summed E-state index contributed by atoms with van der Waals surface area (Å²) >= 11 is 3.40. The number of rotatable bonds is 2. The van der Waals surface area contributed by atoms with Gasteiger partial charge in [0.2, 0.25) is 0 Å². The molecule has 0 spiro atoms. The smallest absolute Gasteiger partial charge is 0.0901 e. The van der Waals surface area contributed by atoms with Crippen molar-refractivity contribution in [2.24, 2.45) is 0 Å². The Labute approximate surface area is 170 Å². The van der Waals surface area contributed by atoms with Crippen LogP contribution in [0.1, 0.15) is 10.0 Å². The van der Waals surface area contributed by atoms with Gasteiger partial charge < -0.3 is 0 Å². The minimum Gasteiger partial charge on any atom is -0.242 e. The molecule has 0 saturated carbocycles. The fraction of sp³-hybridized carbons (Fsp3) is 0.0833. The summed E-state index contributed by atoms with van der Waals surface area (Å²) in [5, 5.41) is 14.2. The Hall–Kier alpha value is -2.82. The second-order valence-corrected chi connectivity index (χ2v) is 9.28. The molecule has 0 saturated heterocycles. The molecule has 4 aromatic carbocycles.